The lowest BCUT2D eigenvalue weighted by Crippen LogP contribution is -2.30. The minimum Gasteiger partial charge on any atom is -0.482 e. The molecule has 0 radical (unpaired) electrons. The lowest BCUT2D eigenvalue weighted by molar-refractivity contribution is -0.145. The van der Waals surface area contributed by atoms with E-state index in [0.29, 0.717) is 17.9 Å². The summed E-state index contributed by atoms with van der Waals surface area (Å²) in [7, 11) is 0. The number of carbonyl (C=O) groups excluding carboxylic acids is 2. The van der Waals surface area contributed by atoms with Crippen LogP contribution in [-0.4, -0.2) is 36.2 Å². The van der Waals surface area contributed by atoms with Crippen molar-refractivity contribution in [1.29, 1.82) is 0 Å². The van der Waals surface area contributed by atoms with E-state index in [-0.39, 0.29) is 37.1 Å². The van der Waals surface area contributed by atoms with Crippen molar-refractivity contribution in [3.63, 3.8) is 0 Å². The number of aromatic nitrogens is 1. The van der Waals surface area contributed by atoms with E-state index in [9.17, 15) is 14.4 Å². The fourth-order valence-electron chi connectivity index (χ4n) is 4.23. The monoisotopic (exact) mass is 510 g/mol. The summed E-state index contributed by atoms with van der Waals surface area (Å²) in [4.78, 5) is 36.9. The van der Waals surface area contributed by atoms with Gasteiger partial charge in [0.1, 0.15) is 5.75 Å². The molecular weight excluding hydrogens is 480 g/mol. The summed E-state index contributed by atoms with van der Waals surface area (Å²) in [6.07, 6.45) is 1.86. The second kappa shape index (κ2) is 13.1. The van der Waals surface area contributed by atoms with Crippen LogP contribution >= 0.6 is 0 Å². The van der Waals surface area contributed by atoms with Crippen molar-refractivity contribution in [2.75, 3.05) is 19.8 Å². The average Bonchev–Trinajstić information content (AvgIpc) is 2.95. The van der Waals surface area contributed by atoms with Gasteiger partial charge >= 0.3 is 5.97 Å². The number of benzene rings is 3. The molecule has 0 spiro atoms. The van der Waals surface area contributed by atoms with Gasteiger partial charge in [0.2, 0.25) is 0 Å². The van der Waals surface area contributed by atoms with E-state index in [1.165, 1.54) is 0 Å². The van der Waals surface area contributed by atoms with E-state index < -0.39 is 5.97 Å². The summed E-state index contributed by atoms with van der Waals surface area (Å²) in [5.41, 5.74) is 3.49. The number of pyridine rings is 1. The molecule has 194 valence electrons. The number of amides is 1. The van der Waals surface area contributed by atoms with Crippen LogP contribution in [0.25, 0.3) is 0 Å². The van der Waals surface area contributed by atoms with Crippen molar-refractivity contribution < 1.29 is 19.1 Å². The summed E-state index contributed by atoms with van der Waals surface area (Å²) < 4.78 is 11.9. The third-order valence-electron chi connectivity index (χ3n) is 6.00. The first-order valence-electron chi connectivity index (χ1n) is 12.5. The largest absolute Gasteiger partial charge is 0.482 e. The summed E-state index contributed by atoms with van der Waals surface area (Å²) >= 11 is 0. The summed E-state index contributed by atoms with van der Waals surface area (Å²) in [5.74, 6) is -0.419. The highest BCUT2D eigenvalue weighted by Gasteiger charge is 2.17. The van der Waals surface area contributed by atoms with Gasteiger partial charge in [0.05, 0.1) is 6.61 Å². The average molecular weight is 511 g/mol. The van der Waals surface area contributed by atoms with Gasteiger partial charge in [0.15, 0.2) is 6.61 Å². The maximum atomic E-state index is 12.7. The van der Waals surface area contributed by atoms with Crippen LogP contribution in [0.5, 0.6) is 5.75 Å². The normalized spacial score (nSPS) is 10.7. The van der Waals surface area contributed by atoms with Gasteiger partial charge in [-0.25, -0.2) is 4.79 Å². The van der Waals surface area contributed by atoms with Crippen molar-refractivity contribution in [2.45, 2.75) is 19.4 Å². The molecular formula is C31H30N2O5. The predicted molar refractivity (Wildman–Crippen MR) is 145 cm³/mol. The van der Waals surface area contributed by atoms with Crippen LogP contribution in [0.2, 0.25) is 0 Å². The van der Waals surface area contributed by atoms with Crippen LogP contribution in [0.15, 0.2) is 108 Å². The van der Waals surface area contributed by atoms with Crippen LogP contribution in [0, 0.1) is 0 Å². The number of hydrogen-bond acceptors (Lipinski definition) is 5. The van der Waals surface area contributed by atoms with Crippen LogP contribution in [-0.2, 0) is 16.1 Å². The van der Waals surface area contributed by atoms with Crippen molar-refractivity contribution in [2.24, 2.45) is 0 Å². The predicted octanol–water partition coefficient (Wildman–Crippen LogP) is 4.40. The second-order valence-electron chi connectivity index (χ2n) is 8.63. The topological polar surface area (TPSA) is 86.6 Å². The molecule has 0 saturated heterocycles. The fourth-order valence-corrected chi connectivity index (χ4v) is 4.23. The van der Waals surface area contributed by atoms with Gasteiger partial charge in [0.25, 0.3) is 11.5 Å². The number of rotatable bonds is 11. The van der Waals surface area contributed by atoms with Gasteiger partial charge in [-0.3, -0.25) is 9.59 Å². The highest BCUT2D eigenvalue weighted by atomic mass is 16.6. The lowest BCUT2D eigenvalue weighted by Gasteiger charge is -2.20. The van der Waals surface area contributed by atoms with Crippen LogP contribution in [0.3, 0.4) is 0 Å². The van der Waals surface area contributed by atoms with Gasteiger partial charge in [0, 0.05) is 36.8 Å². The smallest absolute Gasteiger partial charge is 0.344 e. The van der Waals surface area contributed by atoms with Gasteiger partial charge < -0.3 is 19.4 Å². The molecule has 0 aliphatic carbocycles. The molecule has 0 atom stereocenters. The van der Waals surface area contributed by atoms with Crippen molar-refractivity contribution in [3.05, 3.63) is 136 Å². The number of carbonyl (C=O) groups is 2. The fraction of sp³-hybridized carbons (Fsp3) is 0.194. The lowest BCUT2D eigenvalue weighted by atomic mass is 9.86. The van der Waals surface area contributed by atoms with E-state index in [0.717, 1.165) is 16.7 Å². The highest BCUT2D eigenvalue weighted by molar-refractivity contribution is 5.94. The minimum absolute atomic E-state index is 0.0313. The maximum Gasteiger partial charge on any atom is 0.344 e. The van der Waals surface area contributed by atoms with Crippen molar-refractivity contribution >= 4 is 11.9 Å². The van der Waals surface area contributed by atoms with E-state index in [1.54, 1.807) is 41.8 Å². The standard InChI is InChI=1S/C31H30N2O5/c1-2-37-29(35)22-38-27-15-9-14-25(20-27)31(36)32-18-19-33-21-26(16-17-28(33)34)30(23-10-5-3-6-11-23)24-12-7-4-8-13-24/h3-17,20-21,30H,2,18-19,22H2,1H3,(H,32,36). The third kappa shape index (κ3) is 6.97. The molecule has 0 unspecified atom stereocenters. The highest BCUT2D eigenvalue weighted by Crippen LogP contribution is 2.31. The first-order chi connectivity index (χ1) is 18.5. The number of hydrogen-bond donors (Lipinski definition) is 1. The van der Waals surface area contributed by atoms with E-state index >= 15 is 0 Å². The van der Waals surface area contributed by atoms with Crippen molar-refractivity contribution in [1.82, 2.24) is 9.88 Å². The Morgan fingerprint density at radius 3 is 2.18 bits per heavy atom. The zero-order valence-electron chi connectivity index (χ0n) is 21.2. The van der Waals surface area contributed by atoms with Gasteiger partial charge in [-0.15, -0.1) is 0 Å². The molecule has 0 fully saturated rings. The molecule has 4 rings (SSSR count). The number of ether oxygens (including phenoxy) is 2. The number of nitrogens with one attached hydrogen (secondary N) is 1. The molecule has 38 heavy (non-hydrogen) atoms. The summed E-state index contributed by atoms with van der Waals surface area (Å²) in [5, 5.41) is 2.85. The number of esters is 1. The first-order valence-corrected chi connectivity index (χ1v) is 12.5. The molecule has 1 N–H and O–H groups in total. The third-order valence-corrected chi connectivity index (χ3v) is 6.00. The van der Waals surface area contributed by atoms with E-state index in [4.69, 9.17) is 9.47 Å². The molecule has 0 aliphatic heterocycles. The first kappa shape index (κ1) is 26.4. The van der Waals surface area contributed by atoms with Gasteiger partial charge in [-0.2, -0.15) is 0 Å². The van der Waals surface area contributed by atoms with E-state index in [2.05, 4.69) is 29.6 Å². The molecule has 3 aromatic carbocycles. The van der Waals surface area contributed by atoms with Crippen LogP contribution < -0.4 is 15.6 Å². The van der Waals surface area contributed by atoms with Gasteiger partial charge in [-0.1, -0.05) is 72.8 Å². The molecule has 1 amide bonds. The zero-order chi connectivity index (χ0) is 26.7. The molecule has 0 bridgehead atoms. The van der Waals surface area contributed by atoms with Crippen LogP contribution in [0.4, 0.5) is 0 Å². The molecule has 4 aromatic rings. The minimum atomic E-state index is -0.475. The molecule has 7 nitrogen and oxygen atoms in total. The van der Waals surface area contributed by atoms with Crippen molar-refractivity contribution in [3.8, 4) is 5.75 Å². The molecule has 0 aliphatic rings. The Balaban J connectivity index is 1.44. The van der Waals surface area contributed by atoms with Gasteiger partial charge in [-0.05, 0) is 41.8 Å². The Labute approximate surface area is 221 Å². The summed E-state index contributed by atoms with van der Waals surface area (Å²) in [6.45, 7) is 2.34. The Bertz CT molecular complexity index is 1380. The number of nitrogens with zero attached hydrogens (tertiary/aromatic N) is 1. The Morgan fingerprint density at radius 2 is 1.53 bits per heavy atom. The Kier molecular flexibility index (Phi) is 9.07. The second-order valence-corrected chi connectivity index (χ2v) is 8.63. The SMILES string of the molecule is CCOC(=O)COc1cccc(C(=O)NCCn2cc(C(c3ccccc3)c3ccccc3)ccc2=O)c1. The van der Waals surface area contributed by atoms with Crippen LogP contribution in [0.1, 0.15) is 39.9 Å². The molecule has 0 saturated carbocycles. The molecule has 1 aromatic heterocycles. The quantitative estimate of drug-likeness (QED) is 0.302. The molecule has 1 heterocycles. The van der Waals surface area contributed by atoms with E-state index in [1.807, 2.05) is 48.7 Å². The zero-order valence-corrected chi connectivity index (χ0v) is 21.2. The maximum absolute atomic E-state index is 12.7. The summed E-state index contributed by atoms with van der Waals surface area (Å²) in [6, 6.07) is 30.3. The molecule has 7 heteroatoms. The Hall–Kier alpha value is -4.65. The Morgan fingerprint density at radius 1 is 0.842 bits per heavy atom.